The fourth-order valence-electron chi connectivity index (χ4n) is 2.15. The lowest BCUT2D eigenvalue weighted by molar-refractivity contribution is 0.179. The van der Waals surface area contributed by atoms with E-state index in [2.05, 4.69) is 53.2 Å². The highest BCUT2D eigenvalue weighted by Gasteiger charge is 2.17. The Hall–Kier alpha value is -0.140. The van der Waals surface area contributed by atoms with Gasteiger partial charge in [-0.05, 0) is 61.8 Å². The first-order valence-corrected chi connectivity index (χ1v) is 9.51. The van der Waals surface area contributed by atoms with Crippen LogP contribution in [0.1, 0.15) is 27.7 Å². The molecule has 0 bridgehead atoms. The summed E-state index contributed by atoms with van der Waals surface area (Å²) < 4.78 is 27.6. The van der Waals surface area contributed by atoms with Gasteiger partial charge in [-0.2, -0.15) is 0 Å². The first kappa shape index (κ1) is 18.9. The minimum absolute atomic E-state index is 0.208. The van der Waals surface area contributed by atoms with Crippen molar-refractivity contribution in [2.45, 2.75) is 44.7 Å². The molecule has 0 aliphatic carbocycles. The summed E-state index contributed by atoms with van der Waals surface area (Å²) in [6, 6.07) is 5.32. The summed E-state index contributed by atoms with van der Waals surface area (Å²) in [6.45, 7) is 9.45. The van der Waals surface area contributed by atoms with Crippen molar-refractivity contribution in [3.63, 3.8) is 0 Å². The van der Waals surface area contributed by atoms with E-state index in [-0.39, 0.29) is 4.90 Å². The molecule has 0 aromatic heterocycles. The predicted octanol–water partition coefficient (Wildman–Crippen LogP) is 3.50. The first-order chi connectivity index (χ1) is 9.65. The Balaban J connectivity index is 2.71. The van der Waals surface area contributed by atoms with E-state index in [1.54, 1.807) is 6.07 Å². The van der Waals surface area contributed by atoms with Gasteiger partial charge in [0.25, 0.3) is 0 Å². The molecule has 4 nitrogen and oxygen atoms in total. The Labute approximate surface area is 141 Å². The molecule has 0 radical (unpaired) electrons. The van der Waals surface area contributed by atoms with Gasteiger partial charge >= 0.3 is 0 Å². The molecule has 0 unspecified atom stereocenters. The van der Waals surface area contributed by atoms with Crippen LogP contribution in [0.15, 0.2) is 27.6 Å². The van der Waals surface area contributed by atoms with Crippen molar-refractivity contribution < 1.29 is 8.42 Å². The van der Waals surface area contributed by atoms with Crippen molar-refractivity contribution in [2.24, 2.45) is 0 Å². The van der Waals surface area contributed by atoms with Crippen LogP contribution in [0.3, 0.4) is 0 Å². The van der Waals surface area contributed by atoms with Crippen LogP contribution in [-0.2, 0) is 10.0 Å². The smallest absolute Gasteiger partial charge is 0.240 e. The Bertz CT molecular complexity index is 568. The second kappa shape index (κ2) is 7.92. The Morgan fingerprint density at radius 3 is 2.29 bits per heavy atom. The molecule has 0 amide bonds. The standard InChI is InChI=1S/C14H22BrClN2O2S/c1-10(2)18(11(3)4)8-7-17-21(19,20)12-5-6-14(16)13(15)9-12/h5-6,9-11,17H,7-8H2,1-4H3. The summed E-state index contributed by atoms with van der Waals surface area (Å²) >= 11 is 9.11. The van der Waals surface area contributed by atoms with Crippen molar-refractivity contribution in [3.05, 3.63) is 27.7 Å². The maximum atomic E-state index is 12.2. The number of nitrogens with one attached hydrogen (secondary N) is 1. The molecular formula is C14H22BrClN2O2S. The van der Waals surface area contributed by atoms with Gasteiger partial charge in [0.15, 0.2) is 0 Å². The maximum absolute atomic E-state index is 12.2. The van der Waals surface area contributed by atoms with Gasteiger partial charge in [-0.15, -0.1) is 0 Å². The molecule has 0 aliphatic rings. The predicted molar refractivity (Wildman–Crippen MR) is 91.3 cm³/mol. The van der Waals surface area contributed by atoms with Gasteiger partial charge in [0.2, 0.25) is 10.0 Å². The van der Waals surface area contributed by atoms with Crippen molar-refractivity contribution in [1.82, 2.24) is 9.62 Å². The molecule has 1 aromatic rings. The largest absolute Gasteiger partial charge is 0.297 e. The van der Waals surface area contributed by atoms with E-state index in [0.717, 1.165) is 0 Å². The molecule has 0 saturated heterocycles. The molecule has 0 atom stereocenters. The molecule has 1 rings (SSSR count). The molecule has 0 aliphatic heterocycles. The molecule has 1 aromatic carbocycles. The van der Waals surface area contributed by atoms with Gasteiger partial charge in [-0.1, -0.05) is 11.6 Å². The fourth-order valence-corrected chi connectivity index (χ4v) is 3.84. The minimum atomic E-state index is -3.51. The van der Waals surface area contributed by atoms with Crippen molar-refractivity contribution >= 4 is 37.6 Å². The highest BCUT2D eigenvalue weighted by Crippen LogP contribution is 2.25. The van der Waals surface area contributed by atoms with Crippen LogP contribution in [-0.4, -0.2) is 38.5 Å². The van der Waals surface area contributed by atoms with Gasteiger partial charge < -0.3 is 0 Å². The number of benzene rings is 1. The highest BCUT2D eigenvalue weighted by atomic mass is 79.9. The third-order valence-corrected chi connectivity index (χ3v) is 5.86. The van der Waals surface area contributed by atoms with Crippen LogP contribution in [0.5, 0.6) is 0 Å². The second-order valence-electron chi connectivity index (χ2n) is 5.40. The zero-order valence-corrected chi connectivity index (χ0v) is 15.9. The third kappa shape index (κ3) is 5.53. The number of sulfonamides is 1. The fraction of sp³-hybridized carbons (Fsp3) is 0.571. The number of rotatable bonds is 7. The monoisotopic (exact) mass is 396 g/mol. The second-order valence-corrected chi connectivity index (χ2v) is 8.43. The van der Waals surface area contributed by atoms with E-state index in [9.17, 15) is 8.42 Å². The normalized spacial score (nSPS) is 12.6. The summed E-state index contributed by atoms with van der Waals surface area (Å²) in [6.07, 6.45) is 0. The lowest BCUT2D eigenvalue weighted by atomic mass is 10.2. The summed E-state index contributed by atoms with van der Waals surface area (Å²) in [4.78, 5) is 2.44. The Morgan fingerprint density at radius 1 is 1.24 bits per heavy atom. The molecule has 0 heterocycles. The van der Waals surface area contributed by atoms with Crippen LogP contribution >= 0.6 is 27.5 Å². The molecule has 0 spiro atoms. The van der Waals surface area contributed by atoms with Crippen molar-refractivity contribution in [1.29, 1.82) is 0 Å². The van der Waals surface area contributed by atoms with E-state index in [1.165, 1.54) is 12.1 Å². The summed E-state index contributed by atoms with van der Waals surface area (Å²) in [5, 5.41) is 0.486. The van der Waals surface area contributed by atoms with E-state index in [0.29, 0.717) is 34.7 Å². The van der Waals surface area contributed by atoms with Gasteiger partial charge in [-0.25, -0.2) is 13.1 Å². The van der Waals surface area contributed by atoms with Crippen LogP contribution in [0, 0.1) is 0 Å². The van der Waals surface area contributed by atoms with Gasteiger partial charge in [0, 0.05) is 29.6 Å². The molecule has 21 heavy (non-hydrogen) atoms. The summed E-state index contributed by atoms with van der Waals surface area (Å²) in [5.41, 5.74) is 0. The average molecular weight is 398 g/mol. The molecule has 1 N–H and O–H groups in total. The van der Waals surface area contributed by atoms with Crippen LogP contribution in [0.4, 0.5) is 0 Å². The van der Waals surface area contributed by atoms with E-state index in [1.807, 2.05) is 0 Å². The SMILES string of the molecule is CC(C)N(CCNS(=O)(=O)c1ccc(Cl)c(Br)c1)C(C)C. The third-order valence-electron chi connectivity index (χ3n) is 3.19. The first-order valence-electron chi connectivity index (χ1n) is 6.85. The lowest BCUT2D eigenvalue weighted by Crippen LogP contribution is -2.42. The molecule has 0 saturated carbocycles. The Kier molecular flexibility index (Phi) is 7.13. The molecule has 120 valence electrons. The number of halogens is 2. The van der Waals surface area contributed by atoms with E-state index < -0.39 is 10.0 Å². The average Bonchev–Trinajstić information content (AvgIpc) is 2.36. The minimum Gasteiger partial charge on any atom is -0.297 e. The van der Waals surface area contributed by atoms with E-state index in [4.69, 9.17) is 11.6 Å². The zero-order chi connectivity index (χ0) is 16.2. The van der Waals surface area contributed by atoms with Crippen molar-refractivity contribution in [3.8, 4) is 0 Å². The maximum Gasteiger partial charge on any atom is 0.240 e. The van der Waals surface area contributed by atoms with Crippen molar-refractivity contribution in [2.75, 3.05) is 13.1 Å². The molecular weight excluding hydrogens is 376 g/mol. The lowest BCUT2D eigenvalue weighted by Gasteiger charge is -2.30. The van der Waals surface area contributed by atoms with Crippen LogP contribution < -0.4 is 4.72 Å². The topological polar surface area (TPSA) is 49.4 Å². The number of hydrogen-bond donors (Lipinski definition) is 1. The van der Waals surface area contributed by atoms with Gasteiger partial charge in [-0.3, -0.25) is 4.90 Å². The highest BCUT2D eigenvalue weighted by molar-refractivity contribution is 9.10. The number of hydrogen-bond acceptors (Lipinski definition) is 3. The van der Waals surface area contributed by atoms with Gasteiger partial charge in [0.05, 0.1) is 9.92 Å². The zero-order valence-electron chi connectivity index (χ0n) is 12.7. The quantitative estimate of drug-likeness (QED) is 0.766. The van der Waals surface area contributed by atoms with Crippen LogP contribution in [0.25, 0.3) is 0 Å². The van der Waals surface area contributed by atoms with Crippen LogP contribution in [0.2, 0.25) is 5.02 Å². The van der Waals surface area contributed by atoms with Gasteiger partial charge in [0.1, 0.15) is 0 Å². The molecule has 0 fully saturated rings. The number of nitrogens with zero attached hydrogens (tertiary/aromatic N) is 1. The molecule has 7 heteroatoms. The van der Waals surface area contributed by atoms with E-state index >= 15 is 0 Å². The summed E-state index contributed by atoms with van der Waals surface area (Å²) in [5.74, 6) is 0. The summed E-state index contributed by atoms with van der Waals surface area (Å²) in [7, 11) is -3.51. The Morgan fingerprint density at radius 2 is 1.81 bits per heavy atom.